The van der Waals surface area contributed by atoms with Crippen LogP contribution in [0.5, 0.6) is 0 Å². The maximum Gasteiger partial charge on any atom is 0.331 e. The van der Waals surface area contributed by atoms with Crippen molar-refractivity contribution in [3.8, 4) is 0 Å². The molecule has 1 fully saturated rings. The number of hydrogen-bond acceptors (Lipinski definition) is 3. The van der Waals surface area contributed by atoms with Crippen molar-refractivity contribution >= 4 is 11.7 Å². The molecule has 1 aliphatic carbocycles. The number of para-hydroxylation sites is 1. The van der Waals surface area contributed by atoms with E-state index in [1.165, 1.54) is 19.3 Å². The normalized spacial score (nSPS) is 18.2. The summed E-state index contributed by atoms with van der Waals surface area (Å²) >= 11 is 0. The molecule has 0 amide bonds. The maximum absolute atomic E-state index is 12.3. The first-order chi connectivity index (χ1) is 9.14. The van der Waals surface area contributed by atoms with E-state index in [2.05, 4.69) is 5.32 Å². The van der Waals surface area contributed by atoms with Gasteiger partial charge in [-0.1, -0.05) is 37.5 Å². The van der Waals surface area contributed by atoms with Gasteiger partial charge < -0.3 is 10.1 Å². The number of rotatable bonds is 6. The molecule has 3 heteroatoms. The van der Waals surface area contributed by atoms with Crippen molar-refractivity contribution < 1.29 is 9.53 Å². The van der Waals surface area contributed by atoms with Crippen LogP contribution in [0.15, 0.2) is 30.3 Å². The van der Waals surface area contributed by atoms with Crippen LogP contribution in [0, 0.1) is 5.92 Å². The summed E-state index contributed by atoms with van der Waals surface area (Å²) in [7, 11) is 0. The van der Waals surface area contributed by atoms with Crippen molar-refractivity contribution in [2.75, 3.05) is 11.9 Å². The van der Waals surface area contributed by atoms with Gasteiger partial charge in [-0.05, 0) is 38.3 Å². The molecule has 1 N–H and O–H groups in total. The van der Waals surface area contributed by atoms with Gasteiger partial charge in [0.05, 0.1) is 6.61 Å². The first kappa shape index (κ1) is 13.9. The molecule has 1 atom stereocenters. The zero-order valence-corrected chi connectivity index (χ0v) is 11.8. The van der Waals surface area contributed by atoms with Crippen LogP contribution in [0.25, 0.3) is 0 Å². The summed E-state index contributed by atoms with van der Waals surface area (Å²) in [6, 6.07) is 9.88. The maximum atomic E-state index is 12.3. The minimum atomic E-state index is -0.623. The molecule has 19 heavy (non-hydrogen) atoms. The molecular formula is C16H23NO2. The zero-order chi connectivity index (χ0) is 13.7. The number of carbonyl (C=O) groups excluding carboxylic acids is 1. The van der Waals surface area contributed by atoms with Crippen molar-refractivity contribution in [2.45, 2.75) is 45.1 Å². The van der Waals surface area contributed by atoms with Crippen molar-refractivity contribution in [3.05, 3.63) is 30.3 Å². The fourth-order valence-corrected chi connectivity index (χ4v) is 2.59. The second-order valence-electron chi connectivity index (χ2n) is 5.54. The molecular weight excluding hydrogens is 238 g/mol. The summed E-state index contributed by atoms with van der Waals surface area (Å²) in [6.45, 7) is 4.23. The molecule has 0 heterocycles. The van der Waals surface area contributed by atoms with Gasteiger partial charge in [-0.15, -0.1) is 0 Å². The third-order valence-corrected chi connectivity index (χ3v) is 3.84. The number of esters is 1. The lowest BCUT2D eigenvalue weighted by atomic mass is 9.76. The number of ether oxygens (including phenoxy) is 1. The van der Waals surface area contributed by atoms with E-state index in [-0.39, 0.29) is 5.97 Å². The number of anilines is 1. The van der Waals surface area contributed by atoms with Crippen LogP contribution < -0.4 is 5.32 Å². The van der Waals surface area contributed by atoms with E-state index in [9.17, 15) is 4.79 Å². The third kappa shape index (κ3) is 3.49. The molecule has 104 valence electrons. The average Bonchev–Trinajstić information content (AvgIpc) is 2.35. The lowest BCUT2D eigenvalue weighted by Crippen LogP contribution is -2.47. The van der Waals surface area contributed by atoms with Gasteiger partial charge in [-0.25, -0.2) is 4.79 Å². The Bertz CT molecular complexity index is 414. The van der Waals surface area contributed by atoms with Crippen LogP contribution in [0.2, 0.25) is 0 Å². The molecule has 1 aromatic rings. The van der Waals surface area contributed by atoms with Crippen molar-refractivity contribution in [1.29, 1.82) is 0 Å². The van der Waals surface area contributed by atoms with Crippen LogP contribution >= 0.6 is 0 Å². The van der Waals surface area contributed by atoms with Crippen LogP contribution in [0.3, 0.4) is 0 Å². The molecule has 0 aliphatic heterocycles. The van der Waals surface area contributed by atoms with Gasteiger partial charge in [0.2, 0.25) is 0 Å². The predicted octanol–water partition coefficient (Wildman–Crippen LogP) is 3.61. The van der Waals surface area contributed by atoms with Crippen LogP contribution in [-0.4, -0.2) is 18.1 Å². The summed E-state index contributed by atoms with van der Waals surface area (Å²) in [5.74, 6) is 0.497. The van der Waals surface area contributed by atoms with Gasteiger partial charge in [0.15, 0.2) is 0 Å². The monoisotopic (exact) mass is 261 g/mol. The fourth-order valence-electron chi connectivity index (χ4n) is 2.59. The second kappa shape index (κ2) is 6.09. The molecule has 0 radical (unpaired) electrons. The highest BCUT2D eigenvalue weighted by atomic mass is 16.5. The number of carbonyl (C=O) groups is 1. The van der Waals surface area contributed by atoms with Gasteiger partial charge in [0.25, 0.3) is 0 Å². The average molecular weight is 261 g/mol. The number of benzene rings is 1. The minimum Gasteiger partial charge on any atom is -0.464 e. The van der Waals surface area contributed by atoms with E-state index in [4.69, 9.17) is 4.74 Å². The van der Waals surface area contributed by atoms with Crippen molar-refractivity contribution in [1.82, 2.24) is 0 Å². The Morgan fingerprint density at radius 2 is 2.05 bits per heavy atom. The summed E-state index contributed by atoms with van der Waals surface area (Å²) in [6.07, 6.45) is 4.59. The smallest absolute Gasteiger partial charge is 0.331 e. The lowest BCUT2D eigenvalue weighted by molar-refractivity contribution is -0.148. The summed E-state index contributed by atoms with van der Waals surface area (Å²) < 4.78 is 5.25. The Morgan fingerprint density at radius 1 is 1.37 bits per heavy atom. The van der Waals surface area contributed by atoms with Crippen molar-refractivity contribution in [3.63, 3.8) is 0 Å². The molecule has 2 rings (SSSR count). The van der Waals surface area contributed by atoms with Gasteiger partial charge in [0.1, 0.15) is 5.54 Å². The Labute approximate surface area is 115 Å². The van der Waals surface area contributed by atoms with Crippen LogP contribution in [0.4, 0.5) is 5.69 Å². The molecule has 0 saturated heterocycles. The van der Waals surface area contributed by atoms with Gasteiger partial charge in [-0.3, -0.25) is 0 Å². The van der Waals surface area contributed by atoms with Gasteiger partial charge >= 0.3 is 5.97 Å². The molecule has 0 bridgehead atoms. The number of nitrogens with one attached hydrogen (secondary N) is 1. The van der Waals surface area contributed by atoms with E-state index in [0.29, 0.717) is 12.5 Å². The van der Waals surface area contributed by atoms with Gasteiger partial charge in [0, 0.05) is 5.69 Å². The Balaban J connectivity index is 2.10. The molecule has 1 unspecified atom stereocenters. The topological polar surface area (TPSA) is 38.3 Å². The molecule has 1 aromatic carbocycles. The van der Waals surface area contributed by atoms with Gasteiger partial charge in [-0.2, -0.15) is 0 Å². The molecule has 1 aliphatic rings. The highest BCUT2D eigenvalue weighted by molar-refractivity contribution is 5.84. The molecule has 0 aromatic heterocycles. The number of hydrogen-bond donors (Lipinski definition) is 1. The largest absolute Gasteiger partial charge is 0.464 e. The SMILES string of the molecule is CCOC(=O)C(C)(CC1CCC1)Nc1ccccc1. The van der Waals surface area contributed by atoms with Crippen LogP contribution in [-0.2, 0) is 9.53 Å². The van der Waals surface area contributed by atoms with E-state index in [1.807, 2.05) is 44.2 Å². The predicted molar refractivity (Wildman–Crippen MR) is 77.1 cm³/mol. The Hall–Kier alpha value is -1.51. The first-order valence-corrected chi connectivity index (χ1v) is 7.14. The standard InChI is InChI=1S/C16H23NO2/c1-3-19-15(18)16(2,12-13-8-7-9-13)17-14-10-5-4-6-11-14/h4-6,10-11,13,17H,3,7-9,12H2,1-2H3. The lowest BCUT2D eigenvalue weighted by Gasteiger charge is -2.36. The zero-order valence-electron chi connectivity index (χ0n) is 11.8. The summed E-state index contributed by atoms with van der Waals surface area (Å²) in [5, 5.41) is 3.36. The highest BCUT2D eigenvalue weighted by Gasteiger charge is 2.38. The minimum absolute atomic E-state index is 0.147. The summed E-state index contributed by atoms with van der Waals surface area (Å²) in [5.41, 5.74) is 0.347. The third-order valence-electron chi connectivity index (χ3n) is 3.84. The highest BCUT2D eigenvalue weighted by Crippen LogP contribution is 2.35. The molecule has 1 saturated carbocycles. The Morgan fingerprint density at radius 3 is 2.58 bits per heavy atom. The first-order valence-electron chi connectivity index (χ1n) is 7.14. The van der Waals surface area contributed by atoms with E-state index in [0.717, 1.165) is 12.1 Å². The van der Waals surface area contributed by atoms with E-state index < -0.39 is 5.54 Å². The van der Waals surface area contributed by atoms with E-state index in [1.54, 1.807) is 0 Å². The quantitative estimate of drug-likeness (QED) is 0.795. The van der Waals surface area contributed by atoms with E-state index >= 15 is 0 Å². The fraction of sp³-hybridized carbons (Fsp3) is 0.562. The second-order valence-corrected chi connectivity index (χ2v) is 5.54. The molecule has 3 nitrogen and oxygen atoms in total. The molecule has 0 spiro atoms. The van der Waals surface area contributed by atoms with Crippen molar-refractivity contribution in [2.24, 2.45) is 5.92 Å². The van der Waals surface area contributed by atoms with Crippen LogP contribution in [0.1, 0.15) is 39.5 Å². The Kier molecular flexibility index (Phi) is 4.46. The summed E-state index contributed by atoms with van der Waals surface area (Å²) in [4.78, 5) is 12.3.